The van der Waals surface area contributed by atoms with E-state index in [1.54, 1.807) is 0 Å². The van der Waals surface area contributed by atoms with Gasteiger partial charge in [-0.15, -0.1) is 0 Å². The molecule has 0 unspecified atom stereocenters. The number of nitrogens with zero attached hydrogens (tertiary/aromatic N) is 1. The van der Waals surface area contributed by atoms with Crippen LogP contribution >= 0.6 is 15.9 Å². The molecule has 1 aromatic rings. The second-order valence-corrected chi connectivity index (χ2v) is 5.15. The van der Waals surface area contributed by atoms with Gasteiger partial charge in [0.25, 0.3) is 5.91 Å². The molecule has 0 atom stereocenters. The molecule has 0 aromatic heterocycles. The highest BCUT2D eigenvalue weighted by Gasteiger charge is 2.20. The third kappa shape index (κ3) is 5.43. The molecule has 21 heavy (non-hydrogen) atoms. The third-order valence-corrected chi connectivity index (χ3v) is 3.32. The van der Waals surface area contributed by atoms with E-state index < -0.39 is 17.7 Å². The summed E-state index contributed by atoms with van der Waals surface area (Å²) in [5, 5.41) is 0. The summed E-state index contributed by atoms with van der Waals surface area (Å²) in [4.78, 5) is 24.9. The number of amides is 1. The minimum atomic E-state index is -0.608. The van der Waals surface area contributed by atoms with Crippen LogP contribution in [-0.2, 0) is 14.3 Å². The SMILES string of the molecule is COCCN(CCC(=O)OC)C(=O)c1cc(Br)ccc1F. The van der Waals surface area contributed by atoms with Gasteiger partial charge in [0.2, 0.25) is 0 Å². The maximum atomic E-state index is 13.8. The van der Waals surface area contributed by atoms with Gasteiger partial charge in [-0.25, -0.2) is 4.39 Å². The standard InChI is InChI=1S/C14H17BrFNO4/c1-20-8-7-17(6-5-13(18)21-2)14(19)11-9-10(15)3-4-12(11)16/h3-4,9H,5-8H2,1-2H3. The second kappa shape index (κ2) is 8.74. The average molecular weight is 362 g/mol. The highest BCUT2D eigenvalue weighted by atomic mass is 79.9. The van der Waals surface area contributed by atoms with Crippen LogP contribution in [0.25, 0.3) is 0 Å². The Morgan fingerprint density at radius 1 is 1.29 bits per heavy atom. The molecule has 0 saturated carbocycles. The van der Waals surface area contributed by atoms with Crippen molar-refractivity contribution in [3.8, 4) is 0 Å². The van der Waals surface area contributed by atoms with E-state index >= 15 is 0 Å². The molecule has 1 aromatic carbocycles. The molecule has 5 nitrogen and oxygen atoms in total. The van der Waals surface area contributed by atoms with Gasteiger partial charge in [-0.2, -0.15) is 0 Å². The van der Waals surface area contributed by atoms with Crippen LogP contribution in [0.1, 0.15) is 16.8 Å². The van der Waals surface area contributed by atoms with E-state index in [0.29, 0.717) is 11.1 Å². The number of halogens is 2. The third-order valence-electron chi connectivity index (χ3n) is 2.82. The zero-order valence-corrected chi connectivity index (χ0v) is 13.5. The fourth-order valence-corrected chi connectivity index (χ4v) is 2.04. The normalized spacial score (nSPS) is 10.3. The largest absolute Gasteiger partial charge is 0.469 e. The zero-order chi connectivity index (χ0) is 15.8. The molecule has 1 amide bonds. The summed E-state index contributed by atoms with van der Waals surface area (Å²) in [6.45, 7) is 0.696. The van der Waals surface area contributed by atoms with Crippen molar-refractivity contribution in [2.45, 2.75) is 6.42 Å². The van der Waals surface area contributed by atoms with Crippen LogP contribution in [-0.4, -0.2) is 50.7 Å². The minimum absolute atomic E-state index is 0.0432. The lowest BCUT2D eigenvalue weighted by molar-refractivity contribution is -0.140. The fraction of sp³-hybridized carbons (Fsp3) is 0.429. The Morgan fingerprint density at radius 3 is 2.62 bits per heavy atom. The van der Waals surface area contributed by atoms with Crippen LogP contribution < -0.4 is 0 Å². The first kappa shape index (κ1) is 17.6. The summed E-state index contributed by atoms with van der Waals surface area (Å²) in [6.07, 6.45) is 0.0432. The van der Waals surface area contributed by atoms with Crippen molar-refractivity contribution in [1.29, 1.82) is 0 Å². The topological polar surface area (TPSA) is 55.8 Å². The van der Waals surface area contributed by atoms with Crippen molar-refractivity contribution in [1.82, 2.24) is 4.90 Å². The van der Waals surface area contributed by atoms with E-state index in [1.165, 1.54) is 37.3 Å². The summed E-state index contributed by atoms with van der Waals surface area (Å²) in [6, 6.07) is 4.14. The lowest BCUT2D eigenvalue weighted by Gasteiger charge is -2.22. The molecule has 0 aliphatic carbocycles. The Kier molecular flexibility index (Phi) is 7.31. The first-order chi connectivity index (χ1) is 9.99. The summed E-state index contributed by atoms with van der Waals surface area (Å²) in [5.74, 6) is -1.53. The lowest BCUT2D eigenvalue weighted by atomic mass is 10.2. The van der Waals surface area contributed by atoms with Crippen LogP contribution in [0.5, 0.6) is 0 Å². The van der Waals surface area contributed by atoms with E-state index in [0.717, 1.165) is 0 Å². The lowest BCUT2D eigenvalue weighted by Crippen LogP contribution is -2.36. The molecule has 7 heteroatoms. The van der Waals surface area contributed by atoms with Gasteiger partial charge in [-0.3, -0.25) is 9.59 Å². The molecule has 0 heterocycles. The van der Waals surface area contributed by atoms with Crippen LogP contribution in [0, 0.1) is 5.82 Å². The van der Waals surface area contributed by atoms with Crippen molar-refractivity contribution in [3.05, 3.63) is 34.1 Å². The maximum Gasteiger partial charge on any atom is 0.307 e. The molecule has 0 radical (unpaired) electrons. The van der Waals surface area contributed by atoms with Gasteiger partial charge >= 0.3 is 5.97 Å². The maximum absolute atomic E-state index is 13.8. The molecule has 0 spiro atoms. The molecule has 0 bridgehead atoms. The average Bonchev–Trinajstić information content (AvgIpc) is 2.48. The number of benzene rings is 1. The molecular weight excluding hydrogens is 345 g/mol. The highest BCUT2D eigenvalue weighted by Crippen LogP contribution is 2.17. The van der Waals surface area contributed by atoms with Crippen LogP contribution in [0.15, 0.2) is 22.7 Å². The zero-order valence-electron chi connectivity index (χ0n) is 11.9. The Balaban J connectivity index is 2.87. The van der Waals surface area contributed by atoms with Crippen LogP contribution in [0.3, 0.4) is 0 Å². The number of rotatable bonds is 7. The predicted molar refractivity (Wildman–Crippen MR) is 78.5 cm³/mol. The smallest absolute Gasteiger partial charge is 0.307 e. The number of methoxy groups -OCH3 is 2. The van der Waals surface area contributed by atoms with Crippen LogP contribution in [0.2, 0.25) is 0 Å². The van der Waals surface area contributed by atoms with E-state index in [1.807, 2.05) is 0 Å². The molecule has 0 aliphatic heterocycles. The quantitative estimate of drug-likeness (QED) is 0.699. The van der Waals surface area contributed by atoms with Gasteiger partial charge in [0.05, 0.1) is 25.7 Å². The molecular formula is C14H17BrFNO4. The summed E-state index contributed by atoms with van der Waals surface area (Å²) < 4.78 is 23.9. The van der Waals surface area contributed by atoms with E-state index in [4.69, 9.17) is 4.74 Å². The van der Waals surface area contributed by atoms with Gasteiger partial charge < -0.3 is 14.4 Å². The van der Waals surface area contributed by atoms with Crippen molar-refractivity contribution in [3.63, 3.8) is 0 Å². The summed E-state index contributed by atoms with van der Waals surface area (Å²) in [7, 11) is 2.78. The van der Waals surface area contributed by atoms with Gasteiger partial charge in [0, 0.05) is 24.7 Å². The van der Waals surface area contributed by atoms with Gasteiger partial charge in [-0.1, -0.05) is 15.9 Å². The number of hydrogen-bond donors (Lipinski definition) is 0. The van der Waals surface area contributed by atoms with Gasteiger partial charge in [0.1, 0.15) is 5.82 Å². The summed E-state index contributed by atoms with van der Waals surface area (Å²) in [5.41, 5.74) is -0.0506. The van der Waals surface area contributed by atoms with Crippen molar-refractivity contribution >= 4 is 27.8 Å². The van der Waals surface area contributed by atoms with Gasteiger partial charge in [0.15, 0.2) is 0 Å². The fourth-order valence-electron chi connectivity index (χ4n) is 1.68. The van der Waals surface area contributed by atoms with Crippen molar-refractivity contribution < 1.29 is 23.5 Å². The number of carbonyl (C=O) groups is 2. The highest BCUT2D eigenvalue weighted by molar-refractivity contribution is 9.10. The van der Waals surface area contributed by atoms with Crippen molar-refractivity contribution in [2.24, 2.45) is 0 Å². The van der Waals surface area contributed by atoms with Crippen LogP contribution in [0.4, 0.5) is 4.39 Å². The molecule has 0 saturated heterocycles. The van der Waals surface area contributed by atoms with Crippen molar-refractivity contribution in [2.75, 3.05) is 33.9 Å². The van der Waals surface area contributed by atoms with E-state index in [-0.39, 0.29) is 25.1 Å². The first-order valence-corrected chi connectivity index (χ1v) is 7.09. The monoisotopic (exact) mass is 361 g/mol. The minimum Gasteiger partial charge on any atom is -0.469 e. The van der Waals surface area contributed by atoms with E-state index in [2.05, 4.69) is 20.7 Å². The number of esters is 1. The Bertz CT molecular complexity index is 510. The Labute approximate surface area is 131 Å². The van der Waals surface area contributed by atoms with E-state index in [9.17, 15) is 14.0 Å². The second-order valence-electron chi connectivity index (χ2n) is 4.24. The molecule has 1 rings (SSSR count). The number of hydrogen-bond acceptors (Lipinski definition) is 4. The number of carbonyl (C=O) groups excluding carboxylic acids is 2. The van der Waals surface area contributed by atoms with Gasteiger partial charge in [-0.05, 0) is 18.2 Å². The Hall–Kier alpha value is -1.47. The Morgan fingerprint density at radius 2 is 2.00 bits per heavy atom. The molecule has 0 fully saturated rings. The first-order valence-electron chi connectivity index (χ1n) is 6.29. The molecule has 0 N–H and O–H groups in total. The number of ether oxygens (including phenoxy) is 2. The summed E-state index contributed by atoms with van der Waals surface area (Å²) >= 11 is 3.20. The molecule has 0 aliphatic rings. The molecule has 116 valence electrons. The predicted octanol–water partition coefficient (Wildman–Crippen LogP) is 2.24.